The van der Waals surface area contributed by atoms with Crippen LogP contribution in [-0.2, 0) is 37.0 Å². The molecule has 0 heterocycles. The van der Waals surface area contributed by atoms with Gasteiger partial charge in [0.05, 0.1) is 6.61 Å². The van der Waals surface area contributed by atoms with E-state index in [9.17, 15) is 19.5 Å². The van der Waals surface area contributed by atoms with Crippen LogP contribution in [0.5, 0.6) is 5.75 Å². The molecule has 178 valence electrons. The average Bonchev–Trinajstić information content (AvgIpc) is 2.75. The Morgan fingerprint density at radius 1 is 1.00 bits per heavy atom. The van der Waals surface area contributed by atoms with Gasteiger partial charge in [0.25, 0.3) is 0 Å². The summed E-state index contributed by atoms with van der Waals surface area (Å²) in [7, 11) is 0. The quantitative estimate of drug-likeness (QED) is 0.391. The number of esters is 2. The largest absolute Gasteiger partial charge is 0.480 e. The smallest absolute Gasteiger partial charge is 0.349 e. The molecule has 0 aliphatic heterocycles. The van der Waals surface area contributed by atoms with Gasteiger partial charge in [-0.05, 0) is 56.9 Å². The monoisotopic (exact) mass is 457 g/mol. The Hall–Kier alpha value is -3.39. The van der Waals surface area contributed by atoms with Gasteiger partial charge in [0.15, 0.2) is 5.60 Å². The highest BCUT2D eigenvalue weighted by atomic mass is 16.6. The molecule has 8 nitrogen and oxygen atoms in total. The molecule has 2 aromatic rings. The van der Waals surface area contributed by atoms with Crippen molar-refractivity contribution in [3.8, 4) is 5.75 Å². The number of ether oxygens (including phenoxy) is 3. The molecule has 0 saturated carbocycles. The van der Waals surface area contributed by atoms with Crippen LogP contribution in [-0.4, -0.2) is 41.3 Å². The Balaban J connectivity index is 2.06. The fraction of sp³-hybridized carbons (Fsp3) is 0.400. The Kier molecular flexibility index (Phi) is 8.99. The predicted octanol–water partition coefficient (Wildman–Crippen LogP) is 3.31. The number of nitrogens with one attached hydrogen (secondary N) is 1. The van der Waals surface area contributed by atoms with Crippen LogP contribution in [0.2, 0.25) is 0 Å². The highest BCUT2D eigenvalue weighted by Crippen LogP contribution is 2.29. The zero-order valence-corrected chi connectivity index (χ0v) is 19.6. The maximum absolute atomic E-state index is 12.3. The van der Waals surface area contributed by atoms with Crippen molar-refractivity contribution in [2.24, 2.45) is 0 Å². The van der Waals surface area contributed by atoms with Crippen molar-refractivity contribution < 1.29 is 33.7 Å². The molecule has 33 heavy (non-hydrogen) atoms. The Bertz CT molecular complexity index is 962. The fourth-order valence-electron chi connectivity index (χ4n) is 3.21. The van der Waals surface area contributed by atoms with Gasteiger partial charge in [0.2, 0.25) is 6.04 Å². The van der Waals surface area contributed by atoms with Crippen molar-refractivity contribution in [1.29, 1.82) is 0 Å². The summed E-state index contributed by atoms with van der Waals surface area (Å²) >= 11 is 0. The van der Waals surface area contributed by atoms with E-state index in [1.807, 2.05) is 44.2 Å². The molecule has 0 bridgehead atoms. The molecule has 2 rings (SSSR count). The molecule has 8 heteroatoms. The maximum atomic E-state index is 12.3. The van der Waals surface area contributed by atoms with Crippen LogP contribution in [0.4, 0.5) is 0 Å². The van der Waals surface area contributed by atoms with Crippen LogP contribution in [0.1, 0.15) is 43.0 Å². The van der Waals surface area contributed by atoms with Crippen molar-refractivity contribution in [3.63, 3.8) is 0 Å². The van der Waals surface area contributed by atoms with Crippen molar-refractivity contribution >= 4 is 17.9 Å². The summed E-state index contributed by atoms with van der Waals surface area (Å²) in [6, 6.07) is 11.1. The predicted molar refractivity (Wildman–Crippen MR) is 122 cm³/mol. The van der Waals surface area contributed by atoms with E-state index in [0.29, 0.717) is 5.75 Å². The molecular weight excluding hydrogens is 426 g/mol. The van der Waals surface area contributed by atoms with E-state index in [1.165, 1.54) is 0 Å². The number of carbonyl (C=O) groups excluding carboxylic acids is 2. The van der Waals surface area contributed by atoms with Crippen molar-refractivity contribution in [2.75, 3.05) is 6.61 Å². The van der Waals surface area contributed by atoms with Crippen LogP contribution in [0.25, 0.3) is 0 Å². The van der Waals surface area contributed by atoms with Gasteiger partial charge in [-0.1, -0.05) is 42.5 Å². The van der Waals surface area contributed by atoms with Gasteiger partial charge >= 0.3 is 17.9 Å². The molecule has 1 unspecified atom stereocenters. The van der Waals surface area contributed by atoms with Crippen molar-refractivity contribution in [1.82, 2.24) is 5.32 Å². The number of rotatable bonds is 11. The zero-order valence-electron chi connectivity index (χ0n) is 19.6. The third kappa shape index (κ3) is 7.32. The fourth-order valence-corrected chi connectivity index (χ4v) is 3.21. The van der Waals surface area contributed by atoms with Crippen LogP contribution in [0.15, 0.2) is 42.5 Å². The highest BCUT2D eigenvalue weighted by molar-refractivity contribution is 5.98. The Labute approximate surface area is 193 Å². The summed E-state index contributed by atoms with van der Waals surface area (Å²) in [5.41, 5.74) is 1.89. The van der Waals surface area contributed by atoms with Gasteiger partial charge < -0.3 is 19.3 Å². The lowest BCUT2D eigenvalue weighted by Crippen LogP contribution is -2.44. The lowest BCUT2D eigenvalue weighted by atomic mass is 10.0. The van der Waals surface area contributed by atoms with Gasteiger partial charge in [-0.25, -0.2) is 14.4 Å². The van der Waals surface area contributed by atoms with Gasteiger partial charge in [0.1, 0.15) is 12.4 Å². The van der Waals surface area contributed by atoms with Crippen LogP contribution in [0.3, 0.4) is 0 Å². The summed E-state index contributed by atoms with van der Waals surface area (Å²) in [4.78, 5) is 36.1. The first-order valence-corrected chi connectivity index (χ1v) is 10.7. The summed E-state index contributed by atoms with van der Waals surface area (Å²) in [6.45, 7) is 9.04. The molecule has 0 aromatic heterocycles. The number of hydrogen-bond donors (Lipinski definition) is 2. The minimum Gasteiger partial charge on any atom is -0.480 e. The molecule has 2 N–H and O–H groups in total. The third-order valence-corrected chi connectivity index (χ3v) is 4.86. The van der Waals surface area contributed by atoms with Crippen LogP contribution in [0, 0.1) is 13.8 Å². The van der Waals surface area contributed by atoms with E-state index in [2.05, 4.69) is 5.32 Å². The first kappa shape index (κ1) is 25.9. The normalized spacial score (nSPS) is 12.0. The zero-order chi connectivity index (χ0) is 24.6. The number of hydrogen-bond acceptors (Lipinski definition) is 7. The number of carbonyl (C=O) groups is 3. The molecule has 1 atom stereocenters. The summed E-state index contributed by atoms with van der Waals surface area (Å²) < 4.78 is 16.2. The highest BCUT2D eigenvalue weighted by Gasteiger charge is 2.33. The molecule has 0 saturated heterocycles. The van der Waals surface area contributed by atoms with Gasteiger partial charge in [-0.3, -0.25) is 5.32 Å². The Morgan fingerprint density at radius 3 is 2.15 bits per heavy atom. The standard InChI is InChI=1S/C25H31NO7/c1-6-31-24(30)25(4,5)33-21-16(2)12-19(13-17(21)3)14-26-20(22(27)28)23(29)32-15-18-10-8-7-9-11-18/h7-13,20,26H,6,14-15H2,1-5H3,(H,27,28). The lowest BCUT2D eigenvalue weighted by Gasteiger charge is -2.26. The number of carboxylic acids is 1. The second kappa shape index (κ2) is 11.5. The lowest BCUT2D eigenvalue weighted by molar-refractivity contribution is -0.159. The SMILES string of the molecule is CCOC(=O)C(C)(C)Oc1c(C)cc(CNC(C(=O)O)C(=O)OCc2ccccc2)cc1C. The molecule has 0 radical (unpaired) electrons. The van der Waals surface area contributed by atoms with E-state index >= 15 is 0 Å². The maximum Gasteiger partial charge on any atom is 0.349 e. The number of carboxylic acid groups (broad SMARTS) is 1. The third-order valence-electron chi connectivity index (χ3n) is 4.86. The number of aryl methyl sites for hydroxylation is 2. The van der Waals surface area contributed by atoms with Gasteiger partial charge in [-0.2, -0.15) is 0 Å². The molecule has 2 aromatic carbocycles. The molecule has 0 spiro atoms. The first-order chi connectivity index (χ1) is 15.5. The minimum atomic E-state index is -1.51. The van der Waals surface area contributed by atoms with E-state index in [4.69, 9.17) is 14.2 Å². The number of aliphatic carboxylic acids is 1. The summed E-state index contributed by atoms with van der Waals surface area (Å²) in [5.74, 6) is -2.10. The molecule has 0 fully saturated rings. The Morgan fingerprint density at radius 2 is 1.61 bits per heavy atom. The molecule has 0 aliphatic carbocycles. The minimum absolute atomic E-state index is 0.00830. The van der Waals surface area contributed by atoms with Crippen molar-refractivity contribution in [2.45, 2.75) is 59.4 Å². The van der Waals surface area contributed by atoms with E-state index in [0.717, 1.165) is 22.3 Å². The second-order valence-electron chi connectivity index (χ2n) is 8.14. The molecule has 0 amide bonds. The first-order valence-electron chi connectivity index (χ1n) is 10.7. The van der Waals surface area contributed by atoms with E-state index in [1.54, 1.807) is 32.9 Å². The van der Waals surface area contributed by atoms with E-state index in [-0.39, 0.29) is 19.8 Å². The molecular formula is C25H31NO7. The van der Waals surface area contributed by atoms with Crippen LogP contribution >= 0.6 is 0 Å². The van der Waals surface area contributed by atoms with Crippen molar-refractivity contribution in [3.05, 3.63) is 64.7 Å². The van der Waals surface area contributed by atoms with E-state index < -0.39 is 29.6 Å². The number of benzene rings is 2. The summed E-state index contributed by atoms with van der Waals surface area (Å²) in [5, 5.41) is 12.2. The second-order valence-corrected chi connectivity index (χ2v) is 8.14. The average molecular weight is 458 g/mol. The molecule has 0 aliphatic rings. The van der Waals surface area contributed by atoms with Gasteiger partial charge in [0, 0.05) is 6.54 Å². The topological polar surface area (TPSA) is 111 Å². The van der Waals surface area contributed by atoms with Gasteiger partial charge in [-0.15, -0.1) is 0 Å². The summed E-state index contributed by atoms with van der Waals surface area (Å²) in [6.07, 6.45) is 0. The van der Waals surface area contributed by atoms with Crippen LogP contribution < -0.4 is 10.1 Å².